The van der Waals surface area contributed by atoms with Crippen molar-refractivity contribution in [1.29, 1.82) is 0 Å². The Morgan fingerprint density at radius 1 is 1.40 bits per heavy atom. The molecule has 4 N–H and O–H groups in total. The van der Waals surface area contributed by atoms with Crippen LogP contribution < -0.4 is 11.5 Å². The van der Waals surface area contributed by atoms with E-state index in [2.05, 4.69) is 0 Å². The van der Waals surface area contributed by atoms with Crippen molar-refractivity contribution in [3.8, 4) is 0 Å². The fraction of sp³-hybridized carbons (Fsp3) is 0.778. The number of nitrogens with zero attached hydrogens (tertiary/aromatic N) is 1. The van der Waals surface area contributed by atoms with E-state index in [1.54, 1.807) is 0 Å². The fourth-order valence-corrected chi connectivity index (χ4v) is 1.64. The molecule has 0 aromatic rings. The van der Waals surface area contributed by atoms with Crippen LogP contribution in [0.2, 0.25) is 0 Å². The molecule has 0 atom stereocenters. The SMILES string of the molecule is CN(CC(N)=O)C(=O)C1(N)CCOCC1. The minimum absolute atomic E-state index is 0.0986. The van der Waals surface area contributed by atoms with Crippen molar-refractivity contribution in [3.63, 3.8) is 0 Å². The molecule has 1 saturated heterocycles. The highest BCUT2D eigenvalue weighted by Crippen LogP contribution is 2.19. The van der Waals surface area contributed by atoms with Gasteiger partial charge in [0.1, 0.15) is 0 Å². The smallest absolute Gasteiger partial charge is 0.243 e. The molecule has 0 aliphatic carbocycles. The molecule has 1 fully saturated rings. The lowest BCUT2D eigenvalue weighted by molar-refractivity contribution is -0.141. The first-order valence-electron chi connectivity index (χ1n) is 4.86. The molecular formula is C9H17N3O3. The van der Waals surface area contributed by atoms with Crippen LogP contribution in [0.1, 0.15) is 12.8 Å². The van der Waals surface area contributed by atoms with Gasteiger partial charge in [0, 0.05) is 20.3 Å². The second kappa shape index (κ2) is 4.59. The minimum Gasteiger partial charge on any atom is -0.381 e. The number of carbonyl (C=O) groups excluding carboxylic acids is 2. The third kappa shape index (κ3) is 2.90. The lowest BCUT2D eigenvalue weighted by Crippen LogP contribution is -2.58. The maximum Gasteiger partial charge on any atom is 0.243 e. The first-order valence-corrected chi connectivity index (χ1v) is 4.86. The summed E-state index contributed by atoms with van der Waals surface area (Å²) in [5.74, 6) is -0.786. The number of carbonyl (C=O) groups is 2. The van der Waals surface area contributed by atoms with E-state index in [-0.39, 0.29) is 12.5 Å². The molecule has 0 saturated carbocycles. The Labute approximate surface area is 88.5 Å². The van der Waals surface area contributed by atoms with Crippen LogP contribution in [0.15, 0.2) is 0 Å². The zero-order chi connectivity index (χ0) is 11.5. The lowest BCUT2D eigenvalue weighted by atomic mass is 9.90. The van der Waals surface area contributed by atoms with Crippen LogP contribution in [-0.2, 0) is 14.3 Å². The Hall–Kier alpha value is -1.14. The zero-order valence-electron chi connectivity index (χ0n) is 8.86. The van der Waals surface area contributed by atoms with Crippen LogP contribution in [0.25, 0.3) is 0 Å². The second-order valence-corrected chi connectivity index (χ2v) is 3.90. The van der Waals surface area contributed by atoms with E-state index in [0.717, 1.165) is 0 Å². The molecule has 0 radical (unpaired) electrons. The van der Waals surface area contributed by atoms with Crippen LogP contribution in [0, 0.1) is 0 Å². The van der Waals surface area contributed by atoms with E-state index in [4.69, 9.17) is 16.2 Å². The van der Waals surface area contributed by atoms with E-state index in [9.17, 15) is 9.59 Å². The Morgan fingerprint density at radius 3 is 2.40 bits per heavy atom. The highest BCUT2D eigenvalue weighted by atomic mass is 16.5. The van der Waals surface area contributed by atoms with E-state index in [0.29, 0.717) is 26.1 Å². The predicted octanol–water partition coefficient (Wildman–Crippen LogP) is -1.56. The molecule has 1 rings (SSSR count). The Morgan fingerprint density at radius 2 is 1.93 bits per heavy atom. The first kappa shape index (κ1) is 11.9. The van der Waals surface area contributed by atoms with Crippen molar-refractivity contribution in [3.05, 3.63) is 0 Å². The Kier molecular flexibility index (Phi) is 3.65. The molecule has 0 unspecified atom stereocenters. The minimum atomic E-state index is -0.900. The predicted molar refractivity (Wildman–Crippen MR) is 53.8 cm³/mol. The number of ether oxygens (including phenoxy) is 1. The van der Waals surface area contributed by atoms with E-state index >= 15 is 0 Å². The molecule has 0 aromatic heterocycles. The summed E-state index contributed by atoms with van der Waals surface area (Å²) in [5.41, 5.74) is 10.1. The Balaban J connectivity index is 2.61. The zero-order valence-corrected chi connectivity index (χ0v) is 8.86. The van der Waals surface area contributed by atoms with Crippen LogP contribution in [0.3, 0.4) is 0 Å². The maximum atomic E-state index is 11.9. The molecule has 2 amide bonds. The quantitative estimate of drug-likeness (QED) is 0.594. The summed E-state index contributed by atoms with van der Waals surface area (Å²) in [6.07, 6.45) is 0.962. The molecule has 0 spiro atoms. The van der Waals surface area contributed by atoms with Crippen molar-refractivity contribution in [1.82, 2.24) is 4.90 Å². The number of amides is 2. The third-order valence-corrected chi connectivity index (χ3v) is 2.55. The van der Waals surface area contributed by atoms with Gasteiger partial charge in [-0.25, -0.2) is 0 Å². The summed E-state index contributed by atoms with van der Waals surface area (Å²) in [5, 5.41) is 0. The van der Waals surface area contributed by atoms with Crippen molar-refractivity contribution in [2.45, 2.75) is 18.4 Å². The average Bonchev–Trinajstić information content (AvgIpc) is 2.16. The van der Waals surface area contributed by atoms with Gasteiger partial charge in [0.2, 0.25) is 11.8 Å². The highest BCUT2D eigenvalue weighted by molar-refractivity contribution is 5.89. The number of hydrogen-bond acceptors (Lipinski definition) is 4. The molecule has 6 heteroatoms. The van der Waals surface area contributed by atoms with Gasteiger partial charge in [0.05, 0.1) is 12.1 Å². The molecule has 6 nitrogen and oxygen atoms in total. The van der Waals surface area contributed by atoms with Gasteiger partial charge in [-0.05, 0) is 12.8 Å². The normalized spacial score (nSPS) is 19.6. The highest BCUT2D eigenvalue weighted by Gasteiger charge is 2.38. The van der Waals surface area contributed by atoms with Gasteiger partial charge in [0.15, 0.2) is 0 Å². The van der Waals surface area contributed by atoms with Crippen molar-refractivity contribution in [2.24, 2.45) is 11.5 Å². The number of rotatable bonds is 3. The van der Waals surface area contributed by atoms with E-state index < -0.39 is 11.4 Å². The molecule has 1 aliphatic heterocycles. The van der Waals surface area contributed by atoms with E-state index in [1.165, 1.54) is 11.9 Å². The summed E-state index contributed by atoms with van der Waals surface area (Å²) < 4.78 is 5.13. The van der Waals surface area contributed by atoms with Crippen LogP contribution in [-0.4, -0.2) is 49.1 Å². The van der Waals surface area contributed by atoms with Gasteiger partial charge >= 0.3 is 0 Å². The first-order chi connectivity index (χ1) is 6.96. The summed E-state index contributed by atoms with van der Waals surface area (Å²) >= 11 is 0. The molecule has 1 aliphatic rings. The number of primary amides is 1. The largest absolute Gasteiger partial charge is 0.381 e. The van der Waals surface area contributed by atoms with Crippen molar-refractivity contribution < 1.29 is 14.3 Å². The van der Waals surface area contributed by atoms with Crippen LogP contribution in [0.4, 0.5) is 0 Å². The summed E-state index contributed by atoms with van der Waals surface area (Å²) in [6, 6.07) is 0. The molecule has 86 valence electrons. The molecular weight excluding hydrogens is 198 g/mol. The average molecular weight is 215 g/mol. The molecule has 0 aromatic carbocycles. The second-order valence-electron chi connectivity index (χ2n) is 3.90. The molecule has 0 bridgehead atoms. The van der Waals surface area contributed by atoms with Gasteiger partial charge in [-0.2, -0.15) is 0 Å². The van der Waals surface area contributed by atoms with E-state index in [1.807, 2.05) is 0 Å². The van der Waals surface area contributed by atoms with Crippen molar-refractivity contribution >= 4 is 11.8 Å². The maximum absolute atomic E-state index is 11.9. The molecule has 15 heavy (non-hydrogen) atoms. The van der Waals surface area contributed by atoms with Gasteiger partial charge < -0.3 is 21.1 Å². The van der Waals surface area contributed by atoms with Crippen LogP contribution in [0.5, 0.6) is 0 Å². The fourth-order valence-electron chi connectivity index (χ4n) is 1.64. The number of nitrogens with two attached hydrogens (primary N) is 2. The number of hydrogen-bond donors (Lipinski definition) is 2. The summed E-state index contributed by atoms with van der Waals surface area (Å²) in [6.45, 7) is 0.859. The number of likely N-dealkylation sites (N-methyl/N-ethyl adjacent to an activating group) is 1. The lowest BCUT2D eigenvalue weighted by Gasteiger charge is -2.34. The summed E-state index contributed by atoms with van der Waals surface area (Å²) in [4.78, 5) is 23.8. The topological polar surface area (TPSA) is 98.7 Å². The molecule has 1 heterocycles. The van der Waals surface area contributed by atoms with Gasteiger partial charge in [-0.1, -0.05) is 0 Å². The Bertz CT molecular complexity index is 261. The third-order valence-electron chi connectivity index (χ3n) is 2.55. The van der Waals surface area contributed by atoms with Gasteiger partial charge in [0.25, 0.3) is 0 Å². The summed E-state index contributed by atoms with van der Waals surface area (Å²) in [7, 11) is 1.52. The van der Waals surface area contributed by atoms with Crippen molar-refractivity contribution in [2.75, 3.05) is 26.8 Å². The monoisotopic (exact) mass is 215 g/mol. The standard InChI is InChI=1S/C9H17N3O3/c1-12(6-7(10)13)8(14)9(11)2-4-15-5-3-9/h2-6,11H2,1H3,(H2,10,13). The van der Waals surface area contributed by atoms with Gasteiger partial charge in [-0.15, -0.1) is 0 Å². The van der Waals surface area contributed by atoms with Crippen LogP contribution >= 0.6 is 0 Å². The van der Waals surface area contributed by atoms with Gasteiger partial charge in [-0.3, -0.25) is 9.59 Å².